The van der Waals surface area contributed by atoms with Crippen molar-refractivity contribution in [2.24, 2.45) is 0 Å². The van der Waals surface area contributed by atoms with Gasteiger partial charge in [0.2, 0.25) is 17.5 Å². The van der Waals surface area contributed by atoms with Gasteiger partial charge in [0.15, 0.2) is 0 Å². The van der Waals surface area contributed by atoms with Crippen LogP contribution >= 0.6 is 0 Å². The maximum absolute atomic E-state index is 11.8. The maximum Gasteiger partial charge on any atom is 0.251 e. The number of hydrogen-bond donors (Lipinski definition) is 1. The second kappa shape index (κ2) is 6.65. The zero-order valence-electron chi connectivity index (χ0n) is 11.6. The Balaban J connectivity index is 1.89. The topological polar surface area (TPSA) is 108 Å². The average molecular weight is 289 g/mol. The van der Waals surface area contributed by atoms with Crippen molar-refractivity contribution in [1.82, 2.24) is 20.2 Å². The molecule has 0 saturated carbocycles. The van der Waals surface area contributed by atoms with E-state index in [9.17, 15) is 9.59 Å². The van der Waals surface area contributed by atoms with E-state index in [1.165, 1.54) is 19.3 Å². The monoisotopic (exact) mass is 289 g/mol. The number of amides is 2. The van der Waals surface area contributed by atoms with Gasteiger partial charge in [-0.1, -0.05) is 0 Å². The van der Waals surface area contributed by atoms with Crippen LogP contribution in [0.5, 0.6) is 5.88 Å². The summed E-state index contributed by atoms with van der Waals surface area (Å²) in [5, 5.41) is 11.4. The predicted molar refractivity (Wildman–Crippen MR) is 71.0 cm³/mol. The van der Waals surface area contributed by atoms with E-state index in [2.05, 4.69) is 15.3 Å². The summed E-state index contributed by atoms with van der Waals surface area (Å²) in [7, 11) is 0. The fraction of sp³-hybridized carbons (Fsp3) is 0.462. The lowest BCUT2D eigenvalue weighted by molar-refractivity contribution is -0.131. The van der Waals surface area contributed by atoms with E-state index in [1.807, 2.05) is 6.07 Å². The van der Waals surface area contributed by atoms with Crippen molar-refractivity contribution in [3.63, 3.8) is 0 Å². The Hall–Kier alpha value is -2.69. The molecule has 21 heavy (non-hydrogen) atoms. The lowest BCUT2D eigenvalue weighted by atomic mass is 10.3. The first-order valence-corrected chi connectivity index (χ1v) is 6.50. The van der Waals surface area contributed by atoms with Crippen LogP contribution in [-0.4, -0.2) is 52.4 Å². The summed E-state index contributed by atoms with van der Waals surface area (Å²) >= 11 is 0. The average Bonchev–Trinajstić information content (AvgIpc) is 2.94. The molecule has 0 spiro atoms. The van der Waals surface area contributed by atoms with Crippen molar-refractivity contribution in [3.05, 3.63) is 18.1 Å². The Morgan fingerprint density at radius 1 is 1.52 bits per heavy atom. The molecule has 1 atom stereocenters. The maximum atomic E-state index is 11.8. The van der Waals surface area contributed by atoms with Crippen LogP contribution < -0.4 is 10.1 Å². The summed E-state index contributed by atoms with van der Waals surface area (Å²) in [6.45, 7) is 2.29. The molecule has 0 aliphatic carbocycles. The molecule has 1 fully saturated rings. The molecule has 0 radical (unpaired) electrons. The largest absolute Gasteiger partial charge is 0.470 e. The van der Waals surface area contributed by atoms with E-state index in [-0.39, 0.29) is 36.0 Å². The second-order valence-corrected chi connectivity index (χ2v) is 4.60. The molecule has 1 aromatic rings. The number of ether oxygens (including phenoxy) is 1. The number of nitriles is 1. The van der Waals surface area contributed by atoms with Gasteiger partial charge in [0.05, 0.1) is 13.1 Å². The highest BCUT2D eigenvalue weighted by Crippen LogP contribution is 2.18. The van der Waals surface area contributed by atoms with Crippen LogP contribution in [0.1, 0.15) is 19.0 Å². The smallest absolute Gasteiger partial charge is 0.251 e. The van der Waals surface area contributed by atoms with E-state index in [0.717, 1.165) is 0 Å². The van der Waals surface area contributed by atoms with Crippen molar-refractivity contribution in [1.29, 1.82) is 5.26 Å². The second-order valence-electron chi connectivity index (χ2n) is 4.60. The normalized spacial score (nSPS) is 17.1. The molecule has 0 unspecified atom stereocenters. The highest BCUT2D eigenvalue weighted by atomic mass is 16.5. The molecule has 1 N–H and O–H groups in total. The van der Waals surface area contributed by atoms with Gasteiger partial charge in [-0.2, -0.15) is 5.26 Å². The minimum atomic E-state index is -0.242. The molecule has 110 valence electrons. The number of carbonyl (C=O) groups is 2. The van der Waals surface area contributed by atoms with Crippen molar-refractivity contribution < 1.29 is 14.3 Å². The molecule has 0 bridgehead atoms. The Morgan fingerprint density at radius 2 is 2.29 bits per heavy atom. The van der Waals surface area contributed by atoms with E-state index >= 15 is 0 Å². The quantitative estimate of drug-likeness (QED) is 0.797. The molecule has 1 aromatic heterocycles. The Morgan fingerprint density at radius 3 is 3.00 bits per heavy atom. The summed E-state index contributed by atoms with van der Waals surface area (Å²) in [4.78, 5) is 32.1. The van der Waals surface area contributed by atoms with Crippen LogP contribution in [0, 0.1) is 11.3 Å². The number of nitrogens with one attached hydrogen (secondary N) is 1. The number of aromatic nitrogens is 2. The Kier molecular flexibility index (Phi) is 4.66. The standard InChI is InChI=1S/C13H15N5O3/c1-9(19)17-7-12(20)18-5-2-10(8-18)21-13-11(6-14)15-3-4-16-13/h3-4,10H,2,5,7-8H2,1H3,(H,17,19)/t10-/m1/s1. The van der Waals surface area contributed by atoms with Crippen molar-refractivity contribution in [2.45, 2.75) is 19.4 Å². The number of rotatable bonds is 4. The highest BCUT2D eigenvalue weighted by Gasteiger charge is 2.28. The zero-order valence-corrected chi connectivity index (χ0v) is 11.6. The number of hydrogen-bond acceptors (Lipinski definition) is 6. The predicted octanol–water partition coefficient (Wildman–Crippen LogP) is -0.536. The van der Waals surface area contributed by atoms with Crippen LogP contribution in [0.3, 0.4) is 0 Å². The molecule has 1 aliphatic rings. The van der Waals surface area contributed by atoms with Gasteiger partial charge in [-0.15, -0.1) is 0 Å². The molecular weight excluding hydrogens is 274 g/mol. The molecule has 2 heterocycles. The first-order valence-electron chi connectivity index (χ1n) is 6.50. The van der Waals surface area contributed by atoms with Gasteiger partial charge in [0.1, 0.15) is 12.2 Å². The van der Waals surface area contributed by atoms with E-state index in [4.69, 9.17) is 10.00 Å². The van der Waals surface area contributed by atoms with Gasteiger partial charge in [-0.05, 0) is 0 Å². The van der Waals surface area contributed by atoms with Gasteiger partial charge in [0.25, 0.3) is 5.88 Å². The van der Waals surface area contributed by atoms with Crippen molar-refractivity contribution in [2.75, 3.05) is 19.6 Å². The Labute approximate surface area is 121 Å². The van der Waals surface area contributed by atoms with Crippen LogP contribution in [0.15, 0.2) is 12.4 Å². The van der Waals surface area contributed by atoms with E-state index in [1.54, 1.807) is 4.90 Å². The lowest BCUT2D eigenvalue weighted by Gasteiger charge is -2.17. The van der Waals surface area contributed by atoms with Crippen LogP contribution in [-0.2, 0) is 9.59 Å². The Bertz CT molecular complexity index is 583. The minimum absolute atomic E-state index is 0.0172. The SMILES string of the molecule is CC(=O)NCC(=O)N1CC[C@@H](Oc2nccnc2C#N)C1. The third-order valence-corrected chi connectivity index (χ3v) is 3.04. The molecular formula is C13H15N5O3. The summed E-state index contributed by atoms with van der Waals surface area (Å²) < 4.78 is 5.63. The number of likely N-dealkylation sites (tertiary alicyclic amines) is 1. The van der Waals surface area contributed by atoms with Gasteiger partial charge >= 0.3 is 0 Å². The third-order valence-electron chi connectivity index (χ3n) is 3.04. The molecule has 0 aromatic carbocycles. The summed E-state index contributed by atoms with van der Waals surface area (Å²) in [6, 6.07) is 1.91. The molecule has 1 aliphatic heterocycles. The third kappa shape index (κ3) is 3.89. The van der Waals surface area contributed by atoms with Crippen molar-refractivity contribution >= 4 is 11.8 Å². The highest BCUT2D eigenvalue weighted by molar-refractivity contribution is 5.83. The summed E-state index contributed by atoms with van der Waals surface area (Å²) in [6.07, 6.45) is 3.29. The molecule has 2 rings (SSSR count). The fourth-order valence-corrected chi connectivity index (χ4v) is 2.01. The molecule has 2 amide bonds. The fourth-order valence-electron chi connectivity index (χ4n) is 2.01. The van der Waals surface area contributed by atoms with Crippen LogP contribution in [0.2, 0.25) is 0 Å². The van der Waals surface area contributed by atoms with Gasteiger partial charge in [-0.3, -0.25) is 9.59 Å². The van der Waals surface area contributed by atoms with Crippen molar-refractivity contribution in [3.8, 4) is 11.9 Å². The zero-order chi connectivity index (χ0) is 15.2. The van der Waals surface area contributed by atoms with E-state index in [0.29, 0.717) is 19.5 Å². The number of nitrogens with zero attached hydrogens (tertiary/aromatic N) is 4. The van der Waals surface area contributed by atoms with Gasteiger partial charge in [-0.25, -0.2) is 9.97 Å². The minimum Gasteiger partial charge on any atom is -0.470 e. The lowest BCUT2D eigenvalue weighted by Crippen LogP contribution is -2.39. The van der Waals surface area contributed by atoms with Gasteiger partial charge in [0, 0.05) is 32.3 Å². The first-order chi connectivity index (χ1) is 10.1. The van der Waals surface area contributed by atoms with Crippen LogP contribution in [0.4, 0.5) is 0 Å². The first kappa shape index (κ1) is 14.7. The molecule has 1 saturated heterocycles. The summed E-state index contributed by atoms with van der Waals surface area (Å²) in [5.74, 6) is -0.217. The van der Waals surface area contributed by atoms with E-state index < -0.39 is 0 Å². The van der Waals surface area contributed by atoms with Gasteiger partial charge < -0.3 is 15.0 Å². The molecule has 8 nitrogen and oxygen atoms in total. The summed E-state index contributed by atoms with van der Waals surface area (Å²) in [5.41, 5.74) is 0.125. The molecule has 8 heteroatoms. The van der Waals surface area contributed by atoms with Crippen LogP contribution in [0.25, 0.3) is 0 Å². The number of carbonyl (C=O) groups excluding carboxylic acids is 2.